The summed E-state index contributed by atoms with van der Waals surface area (Å²) in [5, 5.41) is 11.6. The highest BCUT2D eigenvalue weighted by molar-refractivity contribution is 6.01. The maximum atomic E-state index is 12.0. The van der Waals surface area contributed by atoms with E-state index in [4.69, 9.17) is 5.11 Å². The van der Waals surface area contributed by atoms with Gasteiger partial charge in [-0.15, -0.1) is 0 Å². The highest BCUT2D eigenvalue weighted by atomic mass is 16.5. The van der Waals surface area contributed by atoms with Crippen molar-refractivity contribution in [3.63, 3.8) is 0 Å². The van der Waals surface area contributed by atoms with Gasteiger partial charge in [0.15, 0.2) is 0 Å². The summed E-state index contributed by atoms with van der Waals surface area (Å²) >= 11 is 0. The van der Waals surface area contributed by atoms with Gasteiger partial charge in [0.25, 0.3) is 0 Å². The third-order valence-electron chi connectivity index (χ3n) is 3.05. The fourth-order valence-corrected chi connectivity index (χ4v) is 1.77. The number of carboxylic acids is 1. The number of ether oxygens (including phenoxy) is 1. The van der Waals surface area contributed by atoms with Crippen molar-refractivity contribution in [3.05, 3.63) is 0 Å². The summed E-state index contributed by atoms with van der Waals surface area (Å²) < 4.78 is 4.47. The first kappa shape index (κ1) is 14.3. The van der Waals surface area contributed by atoms with E-state index in [9.17, 15) is 14.4 Å². The van der Waals surface area contributed by atoms with Crippen LogP contribution in [0.2, 0.25) is 0 Å². The molecule has 0 aromatic carbocycles. The molecule has 0 aliphatic carbocycles. The van der Waals surface area contributed by atoms with Gasteiger partial charge < -0.3 is 20.1 Å². The molecule has 7 nitrogen and oxygen atoms in total. The number of carbonyl (C=O) groups excluding carboxylic acids is 2. The third kappa shape index (κ3) is 2.91. The van der Waals surface area contributed by atoms with Gasteiger partial charge in [0.1, 0.15) is 5.41 Å². The summed E-state index contributed by atoms with van der Waals surface area (Å²) in [4.78, 5) is 35.5. The van der Waals surface area contributed by atoms with E-state index in [1.54, 1.807) is 0 Å². The molecular weight excluding hydrogens is 240 g/mol. The smallest absolute Gasteiger partial charge is 0.407 e. The Labute approximate surface area is 105 Å². The molecule has 2 amide bonds. The zero-order valence-electron chi connectivity index (χ0n) is 10.7. The second kappa shape index (κ2) is 5.24. The molecule has 102 valence electrons. The van der Waals surface area contributed by atoms with Gasteiger partial charge in [0.05, 0.1) is 13.2 Å². The van der Waals surface area contributed by atoms with Crippen LogP contribution in [0.3, 0.4) is 0 Å². The number of hydrogen-bond donors (Lipinski definition) is 2. The summed E-state index contributed by atoms with van der Waals surface area (Å²) in [6.45, 7) is 3.49. The van der Waals surface area contributed by atoms with Crippen molar-refractivity contribution < 1.29 is 24.2 Å². The molecule has 1 atom stereocenters. The van der Waals surface area contributed by atoms with Gasteiger partial charge in [-0.3, -0.25) is 9.59 Å². The summed E-state index contributed by atoms with van der Waals surface area (Å²) in [5.74, 6) is -1.60. The lowest BCUT2D eigenvalue weighted by atomic mass is 9.92. The molecule has 1 fully saturated rings. The van der Waals surface area contributed by atoms with Gasteiger partial charge >= 0.3 is 12.1 Å². The van der Waals surface area contributed by atoms with Crippen LogP contribution in [0.1, 0.15) is 20.3 Å². The van der Waals surface area contributed by atoms with Gasteiger partial charge in [-0.25, -0.2) is 4.79 Å². The number of carbonyl (C=O) groups is 3. The van der Waals surface area contributed by atoms with E-state index in [-0.39, 0.29) is 6.04 Å². The van der Waals surface area contributed by atoms with Crippen molar-refractivity contribution in [1.82, 2.24) is 10.2 Å². The lowest BCUT2D eigenvalue weighted by Crippen LogP contribution is -2.45. The molecule has 0 spiro atoms. The summed E-state index contributed by atoms with van der Waals surface area (Å²) in [6, 6.07) is -0.189. The number of carboxylic acid groups (broad SMARTS) is 1. The minimum Gasteiger partial charge on any atom is -0.480 e. The molecular formula is C11H18N2O5. The van der Waals surface area contributed by atoms with Crippen LogP contribution in [-0.4, -0.2) is 54.2 Å². The standard InChI is InChI=1S/C11H18N2O5/c1-11(2,9(15)16)8(14)13-5-4-7(6-13)12-10(17)18-3/h7H,4-6H2,1-3H3,(H,12,17)(H,15,16). The van der Waals surface area contributed by atoms with Crippen LogP contribution in [0, 0.1) is 5.41 Å². The molecule has 0 aromatic heterocycles. The normalized spacial score (nSPS) is 19.5. The van der Waals surface area contributed by atoms with Crippen LogP contribution in [-0.2, 0) is 14.3 Å². The number of methoxy groups -OCH3 is 1. The predicted octanol–water partition coefficient (Wildman–Crippen LogP) is 0.0541. The minimum absolute atomic E-state index is 0.189. The second-order valence-electron chi connectivity index (χ2n) is 4.80. The predicted molar refractivity (Wildman–Crippen MR) is 61.9 cm³/mol. The Morgan fingerprint density at radius 2 is 2.00 bits per heavy atom. The summed E-state index contributed by atoms with van der Waals surface area (Å²) in [6.07, 6.45) is 0.0445. The number of aliphatic carboxylic acids is 1. The molecule has 1 aliphatic rings. The van der Waals surface area contributed by atoms with Crippen molar-refractivity contribution in [1.29, 1.82) is 0 Å². The zero-order valence-corrected chi connectivity index (χ0v) is 10.7. The molecule has 7 heteroatoms. The first-order valence-electron chi connectivity index (χ1n) is 5.66. The van der Waals surface area contributed by atoms with E-state index in [0.29, 0.717) is 19.5 Å². The molecule has 2 N–H and O–H groups in total. The number of amides is 2. The zero-order chi connectivity index (χ0) is 13.9. The van der Waals surface area contributed by atoms with Crippen molar-refractivity contribution in [3.8, 4) is 0 Å². The number of nitrogens with zero attached hydrogens (tertiary/aromatic N) is 1. The van der Waals surface area contributed by atoms with Crippen LogP contribution < -0.4 is 5.32 Å². The Kier molecular flexibility index (Phi) is 4.15. The molecule has 1 heterocycles. The first-order valence-corrected chi connectivity index (χ1v) is 5.66. The molecule has 1 rings (SSSR count). The highest BCUT2D eigenvalue weighted by Crippen LogP contribution is 2.22. The Morgan fingerprint density at radius 1 is 1.39 bits per heavy atom. The minimum atomic E-state index is -1.44. The molecule has 0 aromatic rings. The second-order valence-corrected chi connectivity index (χ2v) is 4.80. The SMILES string of the molecule is COC(=O)NC1CCN(C(=O)C(C)(C)C(=O)O)C1. The highest BCUT2D eigenvalue weighted by Gasteiger charge is 2.41. The Balaban J connectivity index is 2.59. The molecule has 0 radical (unpaired) electrons. The fourth-order valence-electron chi connectivity index (χ4n) is 1.77. The Bertz CT molecular complexity index is 366. The Hall–Kier alpha value is -1.79. The maximum Gasteiger partial charge on any atom is 0.407 e. The number of likely N-dealkylation sites (tertiary alicyclic amines) is 1. The van der Waals surface area contributed by atoms with E-state index in [2.05, 4.69) is 10.1 Å². The van der Waals surface area contributed by atoms with Crippen LogP contribution in [0.15, 0.2) is 0 Å². The maximum absolute atomic E-state index is 12.0. The van der Waals surface area contributed by atoms with Crippen LogP contribution >= 0.6 is 0 Å². The molecule has 1 saturated heterocycles. The van der Waals surface area contributed by atoms with Gasteiger partial charge in [-0.05, 0) is 20.3 Å². The van der Waals surface area contributed by atoms with Gasteiger partial charge in [0, 0.05) is 13.1 Å². The number of nitrogens with one attached hydrogen (secondary N) is 1. The molecule has 1 unspecified atom stereocenters. The van der Waals surface area contributed by atoms with Crippen molar-refractivity contribution in [2.45, 2.75) is 26.3 Å². The quantitative estimate of drug-likeness (QED) is 0.697. The van der Waals surface area contributed by atoms with Crippen molar-refractivity contribution >= 4 is 18.0 Å². The van der Waals surface area contributed by atoms with E-state index in [0.717, 1.165) is 0 Å². The van der Waals surface area contributed by atoms with Crippen molar-refractivity contribution in [2.75, 3.05) is 20.2 Å². The topological polar surface area (TPSA) is 95.9 Å². The monoisotopic (exact) mass is 258 g/mol. The molecule has 0 bridgehead atoms. The first-order chi connectivity index (χ1) is 8.28. The van der Waals surface area contributed by atoms with Gasteiger partial charge in [0.2, 0.25) is 5.91 Å². The Morgan fingerprint density at radius 3 is 2.50 bits per heavy atom. The van der Waals surface area contributed by atoms with Gasteiger partial charge in [-0.1, -0.05) is 0 Å². The number of alkyl carbamates (subject to hydrolysis) is 1. The lowest BCUT2D eigenvalue weighted by Gasteiger charge is -2.25. The van der Waals surface area contributed by atoms with E-state index < -0.39 is 23.4 Å². The summed E-state index contributed by atoms with van der Waals surface area (Å²) in [5.41, 5.74) is -1.44. The number of rotatable bonds is 3. The van der Waals surface area contributed by atoms with Crippen LogP contribution in [0.25, 0.3) is 0 Å². The fraction of sp³-hybridized carbons (Fsp3) is 0.727. The largest absolute Gasteiger partial charge is 0.480 e. The average molecular weight is 258 g/mol. The van der Waals surface area contributed by atoms with E-state index >= 15 is 0 Å². The summed E-state index contributed by atoms with van der Waals surface area (Å²) in [7, 11) is 1.26. The van der Waals surface area contributed by atoms with Crippen LogP contribution in [0.4, 0.5) is 4.79 Å². The van der Waals surface area contributed by atoms with E-state index in [1.165, 1.54) is 25.9 Å². The molecule has 0 saturated carbocycles. The van der Waals surface area contributed by atoms with Crippen LogP contribution in [0.5, 0.6) is 0 Å². The molecule has 18 heavy (non-hydrogen) atoms. The van der Waals surface area contributed by atoms with E-state index in [1.807, 2.05) is 0 Å². The third-order valence-corrected chi connectivity index (χ3v) is 3.05. The van der Waals surface area contributed by atoms with Gasteiger partial charge in [-0.2, -0.15) is 0 Å². The number of hydrogen-bond acceptors (Lipinski definition) is 4. The molecule has 1 aliphatic heterocycles. The average Bonchev–Trinajstić information content (AvgIpc) is 2.75. The lowest BCUT2D eigenvalue weighted by molar-refractivity contribution is -0.157. The van der Waals surface area contributed by atoms with Crippen molar-refractivity contribution in [2.24, 2.45) is 5.41 Å².